The molecule has 12 nitrogen and oxygen atoms in total. The fraction of sp³-hybridized carbons (Fsp3) is 0.553. The number of alkyl halides is 2. The number of hydrogen-bond donors (Lipinski definition) is 1. The maximum Gasteiger partial charge on any atom is 0.413 e. The van der Waals surface area contributed by atoms with Crippen molar-refractivity contribution in [2.45, 2.75) is 85.9 Å². The summed E-state index contributed by atoms with van der Waals surface area (Å²) < 4.78 is 76.9. The molecule has 0 radical (unpaired) electrons. The van der Waals surface area contributed by atoms with Crippen molar-refractivity contribution in [1.29, 1.82) is 0 Å². The number of nitrogens with one attached hydrogen (secondary N) is 1. The lowest BCUT2D eigenvalue weighted by Gasteiger charge is -2.36. The van der Waals surface area contributed by atoms with Crippen LogP contribution in [0.15, 0.2) is 18.2 Å². The Hall–Kier alpha value is -4.51. The summed E-state index contributed by atoms with van der Waals surface area (Å²) in [5, 5.41) is 2.34. The van der Waals surface area contributed by atoms with E-state index in [0.717, 1.165) is 29.5 Å². The number of hydrogen-bond acceptors (Lipinski definition) is 11. The summed E-state index contributed by atoms with van der Waals surface area (Å²) in [4.78, 5) is 43.3. The number of benzene rings is 2. The van der Waals surface area contributed by atoms with Crippen LogP contribution in [0.4, 0.5) is 38.1 Å². The summed E-state index contributed by atoms with van der Waals surface area (Å²) in [7, 11) is 3.46. The highest BCUT2D eigenvalue weighted by atomic mass is 32.1. The van der Waals surface area contributed by atoms with Crippen LogP contribution in [0.1, 0.15) is 80.2 Å². The van der Waals surface area contributed by atoms with E-state index in [1.54, 1.807) is 46.4 Å². The van der Waals surface area contributed by atoms with Crippen molar-refractivity contribution in [3.63, 3.8) is 0 Å². The summed E-state index contributed by atoms with van der Waals surface area (Å²) in [6, 6.07) is 3.07. The van der Waals surface area contributed by atoms with E-state index in [9.17, 15) is 22.8 Å². The van der Waals surface area contributed by atoms with Gasteiger partial charge in [-0.15, -0.1) is 0 Å². The van der Waals surface area contributed by atoms with Crippen LogP contribution in [0.25, 0.3) is 32.2 Å². The third-order valence-corrected chi connectivity index (χ3v) is 9.25. The Morgan fingerprint density at radius 1 is 0.873 bits per heavy atom. The van der Waals surface area contributed by atoms with E-state index in [1.807, 2.05) is 13.8 Å². The van der Waals surface area contributed by atoms with E-state index in [2.05, 4.69) is 32.2 Å². The number of halogens is 4. The maximum absolute atomic E-state index is 16.6. The normalized spacial score (nSPS) is 15.0. The number of aromatic nitrogens is 3. The van der Waals surface area contributed by atoms with Crippen molar-refractivity contribution < 1.29 is 41.4 Å². The third-order valence-electron chi connectivity index (χ3n) is 8.27. The van der Waals surface area contributed by atoms with Gasteiger partial charge in [-0.3, -0.25) is 5.32 Å². The van der Waals surface area contributed by atoms with Gasteiger partial charge in [0.15, 0.2) is 10.9 Å². The molecule has 6 rings (SSSR count). The monoisotopic (exact) mass is 793 g/mol. The van der Waals surface area contributed by atoms with E-state index in [-0.39, 0.29) is 69.8 Å². The maximum atomic E-state index is 16.6. The molecule has 2 aliphatic rings. The number of rotatable bonds is 5. The Kier molecular flexibility index (Phi) is 14.1. The predicted molar refractivity (Wildman–Crippen MR) is 208 cm³/mol. The van der Waals surface area contributed by atoms with Crippen molar-refractivity contribution in [1.82, 2.24) is 24.8 Å². The molecule has 0 saturated carbocycles. The van der Waals surface area contributed by atoms with Gasteiger partial charge >= 0.3 is 18.2 Å². The van der Waals surface area contributed by atoms with E-state index in [0.29, 0.717) is 0 Å². The Labute approximate surface area is 323 Å². The summed E-state index contributed by atoms with van der Waals surface area (Å²) in [6.07, 6.45) is -1.68. The molecule has 55 heavy (non-hydrogen) atoms. The first kappa shape index (κ1) is 43.2. The zero-order chi connectivity index (χ0) is 40.8. The average molecular weight is 794 g/mol. The molecular formula is C38H51F4N7O5S. The molecule has 2 aromatic heterocycles. The molecule has 17 heteroatoms. The number of fused-ring (bicyclic) bond motifs is 2. The molecular weight excluding hydrogens is 743 g/mol. The highest BCUT2D eigenvalue weighted by Crippen LogP contribution is 2.44. The number of methoxy groups -OCH3 is 1. The van der Waals surface area contributed by atoms with Crippen LogP contribution in [0.3, 0.4) is 0 Å². The van der Waals surface area contributed by atoms with Crippen LogP contribution in [-0.4, -0.2) is 102 Å². The first-order valence-electron chi connectivity index (χ1n) is 18.2. The third kappa shape index (κ3) is 10.8. The average Bonchev–Trinajstić information content (AvgIpc) is 3.77. The minimum atomic E-state index is -3.17. The van der Waals surface area contributed by atoms with Crippen LogP contribution < -0.4 is 15.0 Å². The van der Waals surface area contributed by atoms with E-state index < -0.39 is 52.6 Å². The number of carbonyl (C=O) groups is 2. The molecule has 0 bridgehead atoms. The van der Waals surface area contributed by atoms with Gasteiger partial charge in [0, 0.05) is 48.3 Å². The fourth-order valence-electron chi connectivity index (χ4n) is 5.91. The van der Waals surface area contributed by atoms with E-state index >= 15 is 4.39 Å². The second-order valence-electron chi connectivity index (χ2n) is 14.8. The Bertz CT molecular complexity index is 1970. The van der Waals surface area contributed by atoms with Gasteiger partial charge in [0.25, 0.3) is 6.43 Å². The molecule has 0 unspecified atom stereocenters. The first-order chi connectivity index (χ1) is 25.8. The molecule has 0 aliphatic carbocycles. The molecule has 1 N–H and O–H groups in total. The minimum absolute atomic E-state index is 0.00279. The highest BCUT2D eigenvalue weighted by Gasteiger charge is 2.31. The number of carbonyl (C=O) groups excluding carboxylic acids is 2. The van der Waals surface area contributed by atoms with Crippen LogP contribution in [0, 0.1) is 11.6 Å². The molecule has 2 aliphatic heterocycles. The van der Waals surface area contributed by atoms with Gasteiger partial charge in [-0.05, 0) is 92.7 Å². The van der Waals surface area contributed by atoms with Crippen LogP contribution >= 0.6 is 11.3 Å². The Morgan fingerprint density at radius 3 is 2.02 bits per heavy atom. The lowest BCUT2D eigenvalue weighted by atomic mass is 9.95. The van der Waals surface area contributed by atoms with Crippen molar-refractivity contribution in [2.24, 2.45) is 0 Å². The van der Waals surface area contributed by atoms with Crippen LogP contribution in [0.5, 0.6) is 6.01 Å². The van der Waals surface area contributed by atoms with Crippen molar-refractivity contribution in [3.8, 4) is 17.1 Å². The van der Waals surface area contributed by atoms with Crippen molar-refractivity contribution >= 4 is 55.6 Å². The molecule has 2 saturated heterocycles. The molecule has 2 aromatic carbocycles. The number of amides is 2. The van der Waals surface area contributed by atoms with Gasteiger partial charge in [-0.2, -0.15) is 9.97 Å². The molecule has 302 valence electrons. The summed E-state index contributed by atoms with van der Waals surface area (Å²) in [5.41, 5.74) is -3.31. The zero-order valence-corrected chi connectivity index (χ0v) is 33.9. The number of piperazine rings is 1. The summed E-state index contributed by atoms with van der Waals surface area (Å²) in [6.45, 7) is 17.9. The topological polar surface area (TPSA) is 122 Å². The fourth-order valence-corrected chi connectivity index (χ4v) is 6.80. The van der Waals surface area contributed by atoms with Gasteiger partial charge in [0.2, 0.25) is 0 Å². The summed E-state index contributed by atoms with van der Waals surface area (Å²) in [5.74, 6) is -1.71. The standard InChI is InChI=1S/C31H34F4N6O5S.C5H11N.C2H6/c1-30(2,3)45-28(42)39-27-37-22-15(8-9-18(32)23(22)47-27)19-16(24(34)35)14-17-21(20(19)33)36-26(44-7)38-25(17)40-10-12-41(13-11-40)29(43)46-31(4,5)6;1-6-4-2-3-5-6;1-2/h8-9,14,24H,10-13H2,1-7H3,(H,37,39,42);2-5H2,1H3;1-2H3. The van der Waals surface area contributed by atoms with Crippen LogP contribution in [-0.2, 0) is 9.47 Å². The Morgan fingerprint density at radius 2 is 1.49 bits per heavy atom. The van der Waals surface area contributed by atoms with E-state index in [4.69, 9.17) is 14.2 Å². The smallest absolute Gasteiger partial charge is 0.413 e. The predicted octanol–water partition coefficient (Wildman–Crippen LogP) is 9.27. The first-order valence-corrected chi connectivity index (χ1v) is 19.0. The highest BCUT2D eigenvalue weighted by molar-refractivity contribution is 7.22. The Balaban J connectivity index is 0.000000756. The van der Waals surface area contributed by atoms with Crippen molar-refractivity contribution in [2.75, 3.05) is 63.6 Å². The summed E-state index contributed by atoms with van der Waals surface area (Å²) >= 11 is 0.746. The second kappa shape index (κ2) is 18.0. The lowest BCUT2D eigenvalue weighted by Crippen LogP contribution is -2.50. The minimum Gasteiger partial charge on any atom is -0.467 e. The number of thiazole rings is 1. The number of anilines is 2. The second-order valence-corrected chi connectivity index (χ2v) is 15.8. The van der Waals surface area contributed by atoms with Gasteiger partial charge in [-0.25, -0.2) is 32.1 Å². The molecule has 0 atom stereocenters. The SMILES string of the molecule is CC.CN1CCCC1.COc1nc(N2CCN(C(=O)OC(C)(C)C)CC2)c2cc(C(F)F)c(-c3ccc(F)c4sc(NC(=O)OC(C)(C)C)nc34)c(F)c2n1. The lowest BCUT2D eigenvalue weighted by molar-refractivity contribution is 0.0240. The molecule has 4 aromatic rings. The molecule has 2 amide bonds. The van der Waals surface area contributed by atoms with Gasteiger partial charge in [0.1, 0.15) is 28.4 Å². The van der Waals surface area contributed by atoms with Crippen molar-refractivity contribution in [3.05, 3.63) is 35.4 Å². The zero-order valence-electron chi connectivity index (χ0n) is 33.1. The number of ether oxygens (including phenoxy) is 3. The quantitative estimate of drug-likeness (QED) is 0.196. The largest absolute Gasteiger partial charge is 0.467 e. The molecule has 4 heterocycles. The van der Waals surface area contributed by atoms with E-state index in [1.165, 1.54) is 37.9 Å². The number of likely N-dealkylation sites (tertiary alicyclic amines) is 1. The van der Waals surface area contributed by atoms with Crippen LogP contribution in [0.2, 0.25) is 0 Å². The van der Waals surface area contributed by atoms with Gasteiger partial charge < -0.3 is 28.9 Å². The number of nitrogens with zero attached hydrogens (tertiary/aromatic N) is 6. The molecule has 2 fully saturated rings. The van der Waals surface area contributed by atoms with Gasteiger partial charge in [0.05, 0.1) is 17.3 Å². The molecule has 0 spiro atoms. The van der Waals surface area contributed by atoms with Gasteiger partial charge in [-0.1, -0.05) is 25.2 Å².